The van der Waals surface area contributed by atoms with E-state index in [1.807, 2.05) is 0 Å². The van der Waals surface area contributed by atoms with E-state index in [2.05, 4.69) is 13.8 Å². The van der Waals surface area contributed by atoms with E-state index >= 15 is 0 Å². The number of rotatable bonds is 17. The summed E-state index contributed by atoms with van der Waals surface area (Å²) in [5.74, 6) is 0. The Bertz CT molecular complexity index is 214. The minimum atomic E-state index is -0.285. The van der Waals surface area contributed by atoms with Crippen molar-refractivity contribution in [2.75, 3.05) is 0 Å². The van der Waals surface area contributed by atoms with Gasteiger partial charge in [0.2, 0.25) is 0 Å². The van der Waals surface area contributed by atoms with Gasteiger partial charge in [0.25, 0.3) is 0 Å². The van der Waals surface area contributed by atoms with E-state index in [-0.39, 0.29) is 24.6 Å². The van der Waals surface area contributed by atoms with Gasteiger partial charge in [0.1, 0.15) is 0 Å². The van der Waals surface area contributed by atoms with E-state index < -0.39 is 0 Å². The number of halogens is 1. The maximum atomic E-state index is 9.90. The van der Waals surface area contributed by atoms with E-state index in [0.717, 1.165) is 25.7 Å². The van der Waals surface area contributed by atoms with Gasteiger partial charge in [-0.1, -0.05) is 104 Å². The number of unbranched alkanes of at least 4 members (excludes halogenated alkanes) is 12. The first kappa shape index (κ1) is 25.5. The summed E-state index contributed by atoms with van der Waals surface area (Å²) in [5.41, 5.74) is 5.92. The molecule has 142 valence electrons. The van der Waals surface area contributed by atoms with Crippen molar-refractivity contribution >= 4 is 12.4 Å². The van der Waals surface area contributed by atoms with Crippen molar-refractivity contribution < 1.29 is 5.11 Å². The molecular formula is C20H44ClNO. The highest BCUT2D eigenvalue weighted by Crippen LogP contribution is 2.14. The van der Waals surface area contributed by atoms with Crippen LogP contribution in [0.15, 0.2) is 0 Å². The predicted molar refractivity (Wildman–Crippen MR) is 106 cm³/mol. The summed E-state index contributed by atoms with van der Waals surface area (Å²) >= 11 is 0. The lowest BCUT2D eigenvalue weighted by Gasteiger charge is -2.17. The van der Waals surface area contributed by atoms with Gasteiger partial charge in [0.15, 0.2) is 0 Å². The summed E-state index contributed by atoms with van der Waals surface area (Å²) < 4.78 is 0. The summed E-state index contributed by atoms with van der Waals surface area (Å²) in [6.07, 6.45) is 20.5. The van der Waals surface area contributed by atoms with E-state index in [1.165, 1.54) is 77.0 Å². The predicted octanol–water partition coefficient (Wildman–Crippen LogP) is 6.38. The third-order valence-corrected chi connectivity index (χ3v) is 4.72. The molecule has 0 aromatic heterocycles. The molecule has 0 aliphatic carbocycles. The molecule has 0 fully saturated rings. The monoisotopic (exact) mass is 349 g/mol. The molecule has 0 aromatic carbocycles. The highest BCUT2D eigenvalue weighted by molar-refractivity contribution is 5.85. The van der Waals surface area contributed by atoms with Crippen LogP contribution < -0.4 is 5.73 Å². The van der Waals surface area contributed by atoms with Crippen LogP contribution in [0.5, 0.6) is 0 Å². The van der Waals surface area contributed by atoms with Crippen LogP contribution in [0.2, 0.25) is 0 Å². The van der Waals surface area contributed by atoms with Gasteiger partial charge in [-0.3, -0.25) is 0 Å². The van der Waals surface area contributed by atoms with Crippen molar-refractivity contribution in [3.63, 3.8) is 0 Å². The maximum Gasteiger partial charge on any atom is 0.0691 e. The minimum Gasteiger partial charge on any atom is -0.392 e. The maximum absolute atomic E-state index is 9.90. The summed E-state index contributed by atoms with van der Waals surface area (Å²) in [4.78, 5) is 0. The number of aliphatic hydroxyl groups excluding tert-OH is 1. The lowest BCUT2D eigenvalue weighted by Crippen LogP contribution is -2.34. The Labute approximate surface area is 152 Å². The third kappa shape index (κ3) is 18.4. The molecule has 23 heavy (non-hydrogen) atoms. The van der Waals surface area contributed by atoms with Gasteiger partial charge in [0, 0.05) is 6.04 Å². The quantitative estimate of drug-likeness (QED) is 0.299. The molecule has 0 aromatic rings. The van der Waals surface area contributed by atoms with Gasteiger partial charge in [-0.05, 0) is 12.8 Å². The molecule has 0 aliphatic heterocycles. The van der Waals surface area contributed by atoms with Gasteiger partial charge >= 0.3 is 0 Å². The Morgan fingerprint density at radius 2 is 1.00 bits per heavy atom. The normalized spacial score (nSPS) is 13.6. The van der Waals surface area contributed by atoms with Crippen molar-refractivity contribution in [3.05, 3.63) is 0 Å². The fourth-order valence-corrected chi connectivity index (χ4v) is 3.11. The number of hydrogen-bond donors (Lipinski definition) is 2. The molecule has 0 rings (SSSR count). The molecule has 0 unspecified atom stereocenters. The van der Waals surface area contributed by atoms with Crippen LogP contribution in [0.4, 0.5) is 0 Å². The van der Waals surface area contributed by atoms with Crippen molar-refractivity contribution in [1.29, 1.82) is 0 Å². The average Bonchev–Trinajstić information content (AvgIpc) is 2.51. The van der Waals surface area contributed by atoms with Crippen molar-refractivity contribution in [2.24, 2.45) is 5.73 Å². The lowest BCUT2D eigenvalue weighted by molar-refractivity contribution is 0.127. The Morgan fingerprint density at radius 1 is 0.609 bits per heavy atom. The van der Waals surface area contributed by atoms with Crippen LogP contribution in [0, 0.1) is 0 Å². The first-order valence-corrected chi connectivity index (χ1v) is 10.2. The van der Waals surface area contributed by atoms with Gasteiger partial charge < -0.3 is 10.8 Å². The van der Waals surface area contributed by atoms with Crippen LogP contribution in [-0.2, 0) is 0 Å². The summed E-state index contributed by atoms with van der Waals surface area (Å²) in [5, 5.41) is 9.90. The van der Waals surface area contributed by atoms with E-state index in [4.69, 9.17) is 5.73 Å². The molecule has 2 atom stereocenters. The van der Waals surface area contributed by atoms with E-state index in [9.17, 15) is 5.11 Å². The van der Waals surface area contributed by atoms with Gasteiger partial charge in [-0.15, -0.1) is 12.4 Å². The number of hydrogen-bond acceptors (Lipinski definition) is 2. The second-order valence-electron chi connectivity index (χ2n) is 7.05. The summed E-state index contributed by atoms with van der Waals surface area (Å²) in [7, 11) is 0. The molecule has 0 radical (unpaired) electrons. The molecule has 0 spiro atoms. The molecule has 0 heterocycles. The largest absolute Gasteiger partial charge is 0.392 e. The molecule has 0 aliphatic rings. The first-order chi connectivity index (χ1) is 10.7. The number of nitrogens with two attached hydrogens (primary N) is 1. The van der Waals surface area contributed by atoms with Crippen LogP contribution in [0.1, 0.15) is 117 Å². The van der Waals surface area contributed by atoms with Gasteiger partial charge in [-0.25, -0.2) is 0 Å². The fraction of sp³-hybridized carbons (Fsp3) is 1.00. The van der Waals surface area contributed by atoms with Crippen molar-refractivity contribution in [3.8, 4) is 0 Å². The first-order valence-electron chi connectivity index (χ1n) is 10.2. The van der Waals surface area contributed by atoms with Gasteiger partial charge in [-0.2, -0.15) is 0 Å². The Kier molecular flexibility index (Phi) is 22.4. The Morgan fingerprint density at radius 3 is 1.39 bits per heavy atom. The molecule has 0 bridgehead atoms. The molecule has 3 N–H and O–H groups in total. The molecule has 3 heteroatoms. The molecule has 2 nitrogen and oxygen atoms in total. The van der Waals surface area contributed by atoms with Crippen molar-refractivity contribution in [1.82, 2.24) is 0 Å². The molecular weight excluding hydrogens is 306 g/mol. The van der Waals surface area contributed by atoms with E-state index in [1.54, 1.807) is 0 Å². The highest BCUT2D eigenvalue weighted by atomic mass is 35.5. The summed E-state index contributed by atoms with van der Waals surface area (Å²) in [6.45, 7) is 4.40. The van der Waals surface area contributed by atoms with Crippen LogP contribution in [0.25, 0.3) is 0 Å². The minimum absolute atomic E-state index is 0. The highest BCUT2D eigenvalue weighted by Gasteiger charge is 2.12. The summed E-state index contributed by atoms with van der Waals surface area (Å²) in [6, 6.07) is -0.0117. The average molecular weight is 350 g/mol. The zero-order valence-corrected chi connectivity index (χ0v) is 16.7. The third-order valence-electron chi connectivity index (χ3n) is 4.72. The lowest BCUT2D eigenvalue weighted by atomic mass is 10.00. The van der Waals surface area contributed by atoms with Crippen LogP contribution >= 0.6 is 12.4 Å². The zero-order valence-electron chi connectivity index (χ0n) is 15.9. The molecule has 0 saturated carbocycles. The van der Waals surface area contributed by atoms with Crippen molar-refractivity contribution in [2.45, 2.75) is 129 Å². The van der Waals surface area contributed by atoms with E-state index in [0.29, 0.717) is 0 Å². The smallest absolute Gasteiger partial charge is 0.0691 e. The topological polar surface area (TPSA) is 46.2 Å². The number of aliphatic hydroxyl groups is 1. The van der Waals surface area contributed by atoms with Gasteiger partial charge in [0.05, 0.1) is 6.10 Å². The molecule has 0 saturated heterocycles. The second kappa shape index (κ2) is 20.3. The Balaban J connectivity index is 0. The fourth-order valence-electron chi connectivity index (χ4n) is 3.11. The SMILES string of the molecule is CCCCCCCCCCCCCCC[C@@H](O)[C@@H](N)CCC.Cl. The second-order valence-corrected chi connectivity index (χ2v) is 7.05. The Hall–Kier alpha value is 0.210. The molecule has 0 amide bonds. The van der Waals surface area contributed by atoms with Crippen LogP contribution in [-0.4, -0.2) is 17.3 Å². The van der Waals surface area contributed by atoms with Crippen LogP contribution in [0.3, 0.4) is 0 Å². The zero-order chi connectivity index (χ0) is 16.5. The standard InChI is InChI=1S/C20H43NO.ClH/c1-3-5-6-7-8-9-10-11-12-13-14-15-16-18-20(22)19(21)17-4-2;/h19-20,22H,3-18,21H2,1-2H3;1H/t19-,20+;/m0./s1.